The highest BCUT2D eigenvalue weighted by Gasteiger charge is 2.02. The van der Waals surface area contributed by atoms with Crippen LogP contribution in [0.4, 0.5) is 4.39 Å². The molecule has 0 saturated heterocycles. The number of hydrogen-bond donors (Lipinski definition) is 3. The molecule has 0 aliphatic rings. The zero-order valence-corrected chi connectivity index (χ0v) is 16.0. The predicted octanol–water partition coefficient (Wildman–Crippen LogP) is 3.45. The summed E-state index contributed by atoms with van der Waals surface area (Å²) in [6.07, 6.45) is 0.902. The van der Waals surface area contributed by atoms with Crippen molar-refractivity contribution in [2.75, 3.05) is 13.1 Å². The van der Waals surface area contributed by atoms with Gasteiger partial charge < -0.3 is 15.7 Å². The summed E-state index contributed by atoms with van der Waals surface area (Å²) in [6.45, 7) is 3.85. The molecule has 0 bridgehead atoms. The zero-order chi connectivity index (χ0) is 16.5. The Morgan fingerprint density at radius 1 is 1.08 bits per heavy atom. The summed E-state index contributed by atoms with van der Waals surface area (Å²) in [4.78, 5) is 4.43. The summed E-state index contributed by atoms with van der Waals surface area (Å²) in [6, 6.07) is 14.5. The lowest BCUT2D eigenvalue weighted by Gasteiger charge is -2.11. The standard InChI is InChI=1S/C18H22FN3O.HI/c1-2-20-18(21-11-10-14-6-4-3-5-7-14)22-13-15-8-9-17(23)16(19)12-15;/h3-9,12,23H,2,10-11,13H2,1H3,(H2,20,21,22);1H. The van der Waals surface area contributed by atoms with E-state index in [9.17, 15) is 9.50 Å². The first-order valence-corrected chi connectivity index (χ1v) is 7.72. The monoisotopic (exact) mass is 443 g/mol. The molecule has 0 atom stereocenters. The van der Waals surface area contributed by atoms with Gasteiger partial charge in [0.15, 0.2) is 17.5 Å². The van der Waals surface area contributed by atoms with Crippen LogP contribution in [0.1, 0.15) is 18.1 Å². The first-order valence-electron chi connectivity index (χ1n) is 7.72. The first-order chi connectivity index (χ1) is 11.2. The van der Waals surface area contributed by atoms with Crippen LogP contribution >= 0.6 is 24.0 Å². The lowest BCUT2D eigenvalue weighted by Crippen LogP contribution is -2.38. The van der Waals surface area contributed by atoms with Crippen molar-refractivity contribution >= 4 is 29.9 Å². The summed E-state index contributed by atoms with van der Waals surface area (Å²) in [5.41, 5.74) is 1.97. The summed E-state index contributed by atoms with van der Waals surface area (Å²) in [5, 5.41) is 15.6. The van der Waals surface area contributed by atoms with Crippen molar-refractivity contribution in [2.24, 2.45) is 4.99 Å². The summed E-state index contributed by atoms with van der Waals surface area (Å²) in [5.74, 6) is -0.276. The van der Waals surface area contributed by atoms with Crippen molar-refractivity contribution in [3.05, 3.63) is 65.5 Å². The number of halogens is 2. The molecule has 2 aromatic carbocycles. The van der Waals surface area contributed by atoms with E-state index >= 15 is 0 Å². The first kappa shape index (κ1) is 20.2. The number of guanidine groups is 1. The number of aromatic hydroxyl groups is 1. The van der Waals surface area contributed by atoms with Crippen LogP contribution in [0.3, 0.4) is 0 Å². The molecule has 0 aliphatic carbocycles. The molecular formula is C18H23FIN3O. The summed E-state index contributed by atoms with van der Waals surface area (Å²) in [7, 11) is 0. The molecule has 0 unspecified atom stereocenters. The molecule has 0 fully saturated rings. The number of phenolic OH excluding ortho intramolecular Hbond substituents is 1. The fourth-order valence-corrected chi connectivity index (χ4v) is 2.13. The topological polar surface area (TPSA) is 56.7 Å². The quantitative estimate of drug-likeness (QED) is 0.364. The van der Waals surface area contributed by atoms with E-state index in [1.807, 2.05) is 25.1 Å². The Bertz CT molecular complexity index is 650. The minimum Gasteiger partial charge on any atom is -0.505 e. The lowest BCUT2D eigenvalue weighted by molar-refractivity contribution is 0.432. The van der Waals surface area contributed by atoms with E-state index in [2.05, 4.69) is 27.8 Å². The molecule has 6 heteroatoms. The molecule has 2 aromatic rings. The number of phenols is 1. The van der Waals surface area contributed by atoms with Crippen LogP contribution in [-0.4, -0.2) is 24.2 Å². The highest BCUT2D eigenvalue weighted by Crippen LogP contribution is 2.16. The average Bonchev–Trinajstić information content (AvgIpc) is 2.56. The zero-order valence-electron chi connectivity index (χ0n) is 13.6. The van der Waals surface area contributed by atoms with Crippen LogP contribution in [0.5, 0.6) is 5.75 Å². The Labute approximate surface area is 159 Å². The molecule has 0 spiro atoms. The Hall–Kier alpha value is -1.83. The third-order valence-electron chi connectivity index (χ3n) is 3.33. The molecule has 24 heavy (non-hydrogen) atoms. The van der Waals surface area contributed by atoms with Crippen molar-refractivity contribution < 1.29 is 9.50 Å². The smallest absolute Gasteiger partial charge is 0.191 e. The highest BCUT2D eigenvalue weighted by atomic mass is 127. The van der Waals surface area contributed by atoms with Crippen molar-refractivity contribution in [3.8, 4) is 5.75 Å². The Morgan fingerprint density at radius 3 is 2.50 bits per heavy atom. The largest absolute Gasteiger partial charge is 0.505 e. The summed E-state index contributed by atoms with van der Waals surface area (Å²) < 4.78 is 13.3. The van der Waals surface area contributed by atoms with Crippen molar-refractivity contribution in [2.45, 2.75) is 19.9 Å². The van der Waals surface area contributed by atoms with Crippen LogP contribution in [-0.2, 0) is 13.0 Å². The van der Waals surface area contributed by atoms with E-state index in [0.29, 0.717) is 18.1 Å². The number of aliphatic imine (C=N–C) groups is 1. The van der Waals surface area contributed by atoms with Gasteiger partial charge in [0, 0.05) is 13.1 Å². The van der Waals surface area contributed by atoms with Gasteiger partial charge in [-0.1, -0.05) is 36.4 Å². The van der Waals surface area contributed by atoms with E-state index in [-0.39, 0.29) is 29.7 Å². The molecule has 0 heterocycles. The molecular weight excluding hydrogens is 420 g/mol. The molecule has 4 nitrogen and oxygen atoms in total. The maximum atomic E-state index is 13.3. The van der Waals surface area contributed by atoms with Crippen LogP contribution in [0.2, 0.25) is 0 Å². The van der Waals surface area contributed by atoms with Gasteiger partial charge in [-0.2, -0.15) is 0 Å². The van der Waals surface area contributed by atoms with Crippen molar-refractivity contribution in [1.29, 1.82) is 0 Å². The number of rotatable bonds is 6. The van der Waals surface area contributed by atoms with Crippen LogP contribution < -0.4 is 10.6 Å². The van der Waals surface area contributed by atoms with Crippen LogP contribution in [0.25, 0.3) is 0 Å². The minimum absolute atomic E-state index is 0. The second-order valence-corrected chi connectivity index (χ2v) is 5.14. The van der Waals surface area contributed by atoms with Gasteiger partial charge in [-0.05, 0) is 36.6 Å². The molecule has 0 aliphatic heterocycles. The third-order valence-corrected chi connectivity index (χ3v) is 3.33. The van der Waals surface area contributed by atoms with Gasteiger partial charge in [-0.25, -0.2) is 9.38 Å². The number of benzene rings is 2. The van der Waals surface area contributed by atoms with E-state index in [1.54, 1.807) is 6.07 Å². The van der Waals surface area contributed by atoms with Gasteiger partial charge in [-0.15, -0.1) is 24.0 Å². The lowest BCUT2D eigenvalue weighted by atomic mass is 10.1. The second kappa shape index (κ2) is 10.9. The third kappa shape index (κ3) is 6.74. The fraction of sp³-hybridized carbons (Fsp3) is 0.278. The van der Waals surface area contributed by atoms with Gasteiger partial charge >= 0.3 is 0 Å². The SMILES string of the molecule is CCNC(=NCc1ccc(O)c(F)c1)NCCc1ccccc1.I. The van der Waals surface area contributed by atoms with E-state index in [0.717, 1.165) is 19.5 Å². The summed E-state index contributed by atoms with van der Waals surface area (Å²) >= 11 is 0. The van der Waals surface area contributed by atoms with E-state index in [4.69, 9.17) is 0 Å². The van der Waals surface area contributed by atoms with Gasteiger partial charge in [0.1, 0.15) is 0 Å². The van der Waals surface area contributed by atoms with Crippen molar-refractivity contribution in [3.63, 3.8) is 0 Å². The predicted molar refractivity (Wildman–Crippen MR) is 106 cm³/mol. The van der Waals surface area contributed by atoms with Gasteiger partial charge in [0.05, 0.1) is 6.54 Å². The molecule has 2 rings (SSSR count). The number of nitrogens with one attached hydrogen (secondary N) is 2. The maximum absolute atomic E-state index is 13.3. The molecule has 0 radical (unpaired) electrons. The molecule has 3 N–H and O–H groups in total. The van der Waals surface area contributed by atoms with E-state index in [1.165, 1.54) is 17.7 Å². The molecule has 0 saturated carbocycles. The van der Waals surface area contributed by atoms with Gasteiger partial charge in [-0.3, -0.25) is 0 Å². The molecule has 0 amide bonds. The van der Waals surface area contributed by atoms with Crippen molar-refractivity contribution in [1.82, 2.24) is 10.6 Å². The van der Waals surface area contributed by atoms with E-state index < -0.39 is 5.82 Å². The average molecular weight is 443 g/mol. The molecule has 0 aromatic heterocycles. The minimum atomic E-state index is -0.625. The Balaban J connectivity index is 0.00000288. The molecule has 130 valence electrons. The Morgan fingerprint density at radius 2 is 1.83 bits per heavy atom. The van der Waals surface area contributed by atoms with Crippen LogP contribution in [0.15, 0.2) is 53.5 Å². The number of hydrogen-bond acceptors (Lipinski definition) is 2. The fourth-order valence-electron chi connectivity index (χ4n) is 2.13. The van der Waals surface area contributed by atoms with Gasteiger partial charge in [0.25, 0.3) is 0 Å². The normalized spacial score (nSPS) is 10.8. The van der Waals surface area contributed by atoms with Crippen LogP contribution in [0, 0.1) is 5.82 Å². The Kier molecular flexibility index (Phi) is 9.14. The number of nitrogens with zero attached hydrogens (tertiary/aromatic N) is 1. The second-order valence-electron chi connectivity index (χ2n) is 5.14. The highest BCUT2D eigenvalue weighted by molar-refractivity contribution is 14.0. The van der Waals surface area contributed by atoms with Gasteiger partial charge in [0.2, 0.25) is 0 Å². The maximum Gasteiger partial charge on any atom is 0.191 e.